The summed E-state index contributed by atoms with van der Waals surface area (Å²) in [6.45, 7) is 1.97. The molecular weight excluding hydrogens is 354 g/mol. The Labute approximate surface area is 153 Å². The Hall–Kier alpha value is -2.63. The molecule has 1 aromatic carbocycles. The number of aromatic nitrogens is 2. The number of nitrogens with one attached hydrogen (secondary N) is 2. The van der Waals surface area contributed by atoms with Crippen molar-refractivity contribution in [1.82, 2.24) is 9.97 Å². The number of H-pyrrole nitrogens is 1. The molecule has 0 unspecified atom stereocenters. The number of fused-ring (bicyclic) bond motifs is 1. The van der Waals surface area contributed by atoms with Gasteiger partial charge in [-0.25, -0.2) is 4.98 Å². The van der Waals surface area contributed by atoms with Crippen LogP contribution in [0, 0.1) is 6.92 Å². The van der Waals surface area contributed by atoms with Gasteiger partial charge in [0.15, 0.2) is 0 Å². The molecule has 0 atom stereocenters. The minimum absolute atomic E-state index is 0.228. The third kappa shape index (κ3) is 2.81. The molecule has 3 aromatic heterocycles. The first-order valence-corrected chi connectivity index (χ1v) is 8.98. The molecule has 2 N–H and O–H groups in total. The van der Waals surface area contributed by atoms with Crippen LogP contribution in [-0.4, -0.2) is 15.9 Å². The van der Waals surface area contributed by atoms with Crippen molar-refractivity contribution < 1.29 is 4.79 Å². The summed E-state index contributed by atoms with van der Waals surface area (Å²) in [5, 5.41) is 6.50. The number of amides is 1. The quantitative estimate of drug-likeness (QED) is 0.502. The second kappa shape index (κ2) is 6.35. The number of thiophene rings is 1. The largest absolute Gasteiger partial charge is 0.350 e. The first kappa shape index (κ1) is 15.9. The molecule has 0 radical (unpaired) electrons. The van der Waals surface area contributed by atoms with E-state index in [0.29, 0.717) is 16.5 Å². The number of pyridine rings is 1. The van der Waals surface area contributed by atoms with Crippen LogP contribution in [0.2, 0.25) is 5.02 Å². The van der Waals surface area contributed by atoms with Crippen LogP contribution in [0.15, 0.2) is 54.0 Å². The highest BCUT2D eigenvalue weighted by molar-refractivity contribution is 7.13. The Morgan fingerprint density at radius 3 is 2.80 bits per heavy atom. The Balaban J connectivity index is 1.90. The highest BCUT2D eigenvalue weighted by Gasteiger charge is 2.22. The molecule has 4 rings (SSSR count). The van der Waals surface area contributed by atoms with E-state index in [4.69, 9.17) is 11.6 Å². The summed E-state index contributed by atoms with van der Waals surface area (Å²) in [5.74, 6) is 0.284. The van der Waals surface area contributed by atoms with Gasteiger partial charge in [-0.1, -0.05) is 23.7 Å². The van der Waals surface area contributed by atoms with Crippen LogP contribution in [-0.2, 0) is 0 Å². The smallest absolute Gasteiger partial charge is 0.273 e. The van der Waals surface area contributed by atoms with Crippen LogP contribution in [0.3, 0.4) is 0 Å². The fraction of sp³-hybridized carbons (Fsp3) is 0.0526. The Kier molecular flexibility index (Phi) is 4.03. The molecule has 0 aliphatic carbocycles. The number of aromatic amines is 1. The number of aryl methyl sites for hydroxylation is 1. The summed E-state index contributed by atoms with van der Waals surface area (Å²) < 4.78 is 0. The monoisotopic (exact) mass is 367 g/mol. The van der Waals surface area contributed by atoms with E-state index in [1.807, 2.05) is 42.6 Å². The zero-order valence-corrected chi connectivity index (χ0v) is 14.9. The normalized spacial score (nSPS) is 11.0. The molecule has 0 aliphatic heterocycles. The molecule has 124 valence electrons. The lowest BCUT2D eigenvalue weighted by atomic mass is 10.0. The van der Waals surface area contributed by atoms with Crippen LogP contribution in [0.1, 0.15) is 16.1 Å². The summed E-state index contributed by atoms with van der Waals surface area (Å²) in [5.41, 5.74) is 3.22. The third-order valence-corrected chi connectivity index (χ3v) is 5.36. The highest BCUT2D eigenvalue weighted by atomic mass is 35.5. The van der Waals surface area contributed by atoms with Gasteiger partial charge in [0.1, 0.15) is 11.5 Å². The first-order chi connectivity index (χ1) is 12.1. The Morgan fingerprint density at radius 1 is 1.20 bits per heavy atom. The molecule has 6 heteroatoms. The summed E-state index contributed by atoms with van der Waals surface area (Å²) >= 11 is 7.91. The van der Waals surface area contributed by atoms with Gasteiger partial charge in [0.05, 0.1) is 0 Å². The van der Waals surface area contributed by atoms with Crippen molar-refractivity contribution >= 4 is 45.6 Å². The number of rotatable bonds is 3. The molecule has 0 saturated heterocycles. The number of anilines is 1. The van der Waals surface area contributed by atoms with Crippen LogP contribution >= 0.6 is 22.9 Å². The number of hydrogen-bond acceptors (Lipinski definition) is 3. The van der Waals surface area contributed by atoms with Gasteiger partial charge in [-0.15, -0.1) is 11.3 Å². The van der Waals surface area contributed by atoms with E-state index in [1.54, 1.807) is 29.7 Å². The minimum atomic E-state index is -0.228. The van der Waals surface area contributed by atoms with E-state index in [-0.39, 0.29) is 5.91 Å². The SMILES string of the molecule is Cc1c(Cl)ccc2[nH]c(C(=O)Nc3ccccn3)c(-c3cccs3)c12. The van der Waals surface area contributed by atoms with E-state index >= 15 is 0 Å². The van der Waals surface area contributed by atoms with Crippen molar-refractivity contribution in [2.75, 3.05) is 5.32 Å². The van der Waals surface area contributed by atoms with Crippen molar-refractivity contribution in [3.05, 3.63) is 70.3 Å². The first-order valence-electron chi connectivity index (χ1n) is 7.72. The average Bonchev–Trinajstić information content (AvgIpc) is 3.26. The molecular formula is C19H14ClN3OS. The van der Waals surface area contributed by atoms with E-state index in [2.05, 4.69) is 15.3 Å². The van der Waals surface area contributed by atoms with Gasteiger partial charge in [0.2, 0.25) is 0 Å². The van der Waals surface area contributed by atoms with Gasteiger partial charge in [-0.2, -0.15) is 0 Å². The molecule has 0 spiro atoms. The maximum Gasteiger partial charge on any atom is 0.273 e. The summed E-state index contributed by atoms with van der Waals surface area (Å²) in [4.78, 5) is 21.3. The van der Waals surface area contributed by atoms with Crippen molar-refractivity contribution in [1.29, 1.82) is 0 Å². The third-order valence-electron chi connectivity index (χ3n) is 4.06. The van der Waals surface area contributed by atoms with E-state index in [1.165, 1.54) is 0 Å². The fourth-order valence-electron chi connectivity index (χ4n) is 2.89. The topological polar surface area (TPSA) is 57.8 Å². The van der Waals surface area contributed by atoms with Crippen LogP contribution < -0.4 is 5.32 Å². The van der Waals surface area contributed by atoms with Gasteiger partial charge in [-0.3, -0.25) is 4.79 Å². The Morgan fingerprint density at radius 2 is 2.08 bits per heavy atom. The summed E-state index contributed by atoms with van der Waals surface area (Å²) in [7, 11) is 0. The zero-order chi connectivity index (χ0) is 17.4. The number of carbonyl (C=O) groups is 1. The fourth-order valence-corrected chi connectivity index (χ4v) is 3.83. The summed E-state index contributed by atoms with van der Waals surface area (Å²) in [6, 6.07) is 13.1. The predicted octanol–water partition coefficient (Wildman–Crippen LogP) is 5.51. The predicted molar refractivity (Wildman–Crippen MR) is 104 cm³/mol. The maximum atomic E-state index is 12.9. The molecule has 0 bridgehead atoms. The van der Waals surface area contributed by atoms with Crippen LogP contribution in [0.5, 0.6) is 0 Å². The molecule has 4 aromatic rings. The second-order valence-corrected chi connectivity index (χ2v) is 6.97. The van der Waals surface area contributed by atoms with Crippen molar-refractivity contribution in [3.63, 3.8) is 0 Å². The van der Waals surface area contributed by atoms with Crippen LogP contribution in [0.25, 0.3) is 21.3 Å². The Bertz CT molecular complexity index is 1060. The molecule has 3 heterocycles. The van der Waals surface area contributed by atoms with Crippen molar-refractivity contribution in [3.8, 4) is 10.4 Å². The maximum absolute atomic E-state index is 12.9. The van der Waals surface area contributed by atoms with Crippen molar-refractivity contribution in [2.24, 2.45) is 0 Å². The minimum Gasteiger partial charge on any atom is -0.350 e. The second-order valence-electron chi connectivity index (χ2n) is 5.62. The summed E-state index contributed by atoms with van der Waals surface area (Å²) in [6.07, 6.45) is 1.64. The highest BCUT2D eigenvalue weighted by Crippen LogP contribution is 2.39. The zero-order valence-electron chi connectivity index (χ0n) is 13.3. The number of halogens is 1. The number of benzene rings is 1. The average molecular weight is 368 g/mol. The van der Waals surface area contributed by atoms with Gasteiger partial charge in [0, 0.05) is 32.6 Å². The molecule has 1 amide bonds. The number of carbonyl (C=O) groups excluding carboxylic acids is 1. The van der Waals surface area contributed by atoms with Gasteiger partial charge >= 0.3 is 0 Å². The number of hydrogen-bond donors (Lipinski definition) is 2. The van der Waals surface area contributed by atoms with E-state index in [0.717, 1.165) is 26.9 Å². The molecule has 4 nitrogen and oxygen atoms in total. The lowest BCUT2D eigenvalue weighted by Gasteiger charge is -2.06. The van der Waals surface area contributed by atoms with E-state index < -0.39 is 0 Å². The lowest BCUT2D eigenvalue weighted by molar-refractivity contribution is 0.102. The molecule has 0 saturated carbocycles. The standard InChI is InChI=1S/C19H14ClN3OS/c1-11-12(20)7-8-13-16(11)17(14-5-4-10-25-14)18(22-13)19(24)23-15-6-2-3-9-21-15/h2-10,22H,1H3,(H,21,23,24). The van der Waals surface area contributed by atoms with Crippen LogP contribution in [0.4, 0.5) is 5.82 Å². The molecule has 0 fully saturated rings. The van der Waals surface area contributed by atoms with Gasteiger partial charge in [-0.05, 0) is 48.2 Å². The van der Waals surface area contributed by atoms with Gasteiger partial charge in [0.25, 0.3) is 5.91 Å². The van der Waals surface area contributed by atoms with Crippen molar-refractivity contribution in [2.45, 2.75) is 6.92 Å². The lowest BCUT2D eigenvalue weighted by Crippen LogP contribution is -2.14. The van der Waals surface area contributed by atoms with E-state index in [9.17, 15) is 4.79 Å². The number of nitrogens with zero attached hydrogens (tertiary/aromatic N) is 1. The molecule has 0 aliphatic rings. The molecule has 25 heavy (non-hydrogen) atoms. The van der Waals surface area contributed by atoms with Gasteiger partial charge < -0.3 is 10.3 Å².